The number of benzene rings is 3. The van der Waals surface area contributed by atoms with E-state index in [1.54, 1.807) is 43.5 Å². The number of rotatable bonds is 7. The summed E-state index contributed by atoms with van der Waals surface area (Å²) in [7, 11) is 1.63. The summed E-state index contributed by atoms with van der Waals surface area (Å²) in [5.41, 5.74) is 2.43. The highest BCUT2D eigenvalue weighted by Gasteiger charge is 2.18. The third-order valence-electron chi connectivity index (χ3n) is 4.15. The molecule has 3 aromatic carbocycles. The topological polar surface area (TPSA) is 26.3 Å². The summed E-state index contributed by atoms with van der Waals surface area (Å²) in [5.74, 6) is 1.00. The van der Waals surface area contributed by atoms with Crippen LogP contribution in [0.15, 0.2) is 77.7 Å². The summed E-state index contributed by atoms with van der Waals surface area (Å²) in [5, 5.41) is 0.575. The first-order chi connectivity index (χ1) is 14.0. The summed E-state index contributed by atoms with van der Waals surface area (Å²) >= 11 is 9.57. The number of allylic oxidation sites excluding steroid dienone is 1. The first kappa shape index (κ1) is 21.9. The zero-order valence-electron chi connectivity index (χ0n) is 15.5. The van der Waals surface area contributed by atoms with Gasteiger partial charge in [0.25, 0.3) is 0 Å². The van der Waals surface area contributed by atoms with Crippen molar-refractivity contribution in [2.45, 2.75) is 5.75 Å². The Bertz CT molecular complexity index is 1020. The molecule has 3 rings (SSSR count). The summed E-state index contributed by atoms with van der Waals surface area (Å²) < 4.78 is 19.3. The predicted octanol–water partition coefficient (Wildman–Crippen LogP) is 7.41. The lowest BCUT2D eigenvalue weighted by Gasteiger charge is -2.11. The van der Waals surface area contributed by atoms with E-state index in [-0.39, 0.29) is 11.6 Å². The van der Waals surface area contributed by atoms with Crippen LogP contribution < -0.4 is 4.74 Å². The smallest absolute Gasteiger partial charge is 0.200 e. The van der Waals surface area contributed by atoms with Crippen LogP contribution in [0.25, 0.3) is 3.58 Å². The van der Waals surface area contributed by atoms with E-state index >= 15 is 0 Å². The number of ether oxygens (including phenoxy) is 1. The summed E-state index contributed by atoms with van der Waals surface area (Å²) in [6, 6.07) is 20.7. The Morgan fingerprint density at radius 1 is 0.966 bits per heavy atom. The van der Waals surface area contributed by atoms with Crippen molar-refractivity contribution in [1.82, 2.24) is 0 Å². The number of carbonyl (C=O) groups is 1. The van der Waals surface area contributed by atoms with Crippen LogP contribution in [0.1, 0.15) is 21.5 Å². The highest BCUT2D eigenvalue weighted by atomic mass is 127. The van der Waals surface area contributed by atoms with Gasteiger partial charge < -0.3 is 4.74 Å². The molecule has 0 N–H and O–H groups in total. The SMILES string of the molecule is COc1ccc(CSC(C(=O)c2ccc(Cl)cc2)=C(I)c2ccc(F)cc2)cc1. The third-order valence-corrected chi connectivity index (χ3v) is 7.09. The molecule has 0 spiro atoms. The molecule has 0 aromatic heterocycles. The van der Waals surface area contributed by atoms with Gasteiger partial charge in [0.1, 0.15) is 11.6 Å². The molecule has 2 nitrogen and oxygen atoms in total. The zero-order valence-corrected chi connectivity index (χ0v) is 19.2. The number of ketones is 1. The van der Waals surface area contributed by atoms with Gasteiger partial charge in [-0.05, 0) is 82.2 Å². The third kappa shape index (κ3) is 5.84. The van der Waals surface area contributed by atoms with Crippen molar-refractivity contribution in [3.63, 3.8) is 0 Å². The lowest BCUT2D eigenvalue weighted by atomic mass is 10.1. The maximum absolute atomic E-state index is 13.3. The van der Waals surface area contributed by atoms with Crippen molar-refractivity contribution in [3.8, 4) is 5.75 Å². The Balaban J connectivity index is 1.93. The standard InChI is InChI=1S/C23H17ClFIO2S/c1-28-20-12-2-15(3-13-20)14-29-23(21(26)16-6-10-19(25)11-7-16)22(27)17-4-8-18(24)9-5-17/h2-13H,14H2,1H3. The lowest BCUT2D eigenvalue weighted by Crippen LogP contribution is -2.03. The van der Waals surface area contributed by atoms with Crippen LogP contribution in [0.4, 0.5) is 4.39 Å². The molecule has 0 radical (unpaired) electrons. The van der Waals surface area contributed by atoms with Gasteiger partial charge in [0.05, 0.1) is 12.0 Å². The number of hydrogen-bond donors (Lipinski definition) is 0. The monoisotopic (exact) mass is 538 g/mol. The molecule has 0 saturated heterocycles. The van der Waals surface area contributed by atoms with E-state index in [9.17, 15) is 9.18 Å². The molecule has 0 atom stereocenters. The van der Waals surface area contributed by atoms with Crippen molar-refractivity contribution in [2.24, 2.45) is 0 Å². The van der Waals surface area contributed by atoms with Crippen molar-refractivity contribution in [2.75, 3.05) is 7.11 Å². The van der Waals surface area contributed by atoms with Gasteiger partial charge in [-0.15, -0.1) is 11.8 Å². The van der Waals surface area contributed by atoms with Crippen LogP contribution >= 0.6 is 46.0 Å². The first-order valence-corrected chi connectivity index (χ1v) is 11.1. The molecule has 29 heavy (non-hydrogen) atoms. The Hall–Kier alpha value is -1.83. The number of hydrogen-bond acceptors (Lipinski definition) is 3. The number of thioether (sulfide) groups is 1. The Morgan fingerprint density at radius 2 is 1.55 bits per heavy atom. The second kappa shape index (κ2) is 10.3. The van der Waals surface area contributed by atoms with Crippen molar-refractivity contribution >= 4 is 55.3 Å². The second-order valence-electron chi connectivity index (χ2n) is 6.12. The number of carbonyl (C=O) groups excluding carboxylic acids is 1. The van der Waals surface area contributed by atoms with E-state index in [0.717, 1.165) is 20.5 Å². The van der Waals surface area contributed by atoms with Crippen molar-refractivity contribution < 1.29 is 13.9 Å². The van der Waals surface area contributed by atoms with E-state index in [0.29, 0.717) is 21.2 Å². The largest absolute Gasteiger partial charge is 0.497 e. The van der Waals surface area contributed by atoms with Crippen LogP contribution in [-0.4, -0.2) is 12.9 Å². The molecule has 0 amide bonds. The van der Waals surface area contributed by atoms with Gasteiger partial charge in [-0.3, -0.25) is 4.79 Å². The minimum Gasteiger partial charge on any atom is -0.497 e. The van der Waals surface area contributed by atoms with Crippen LogP contribution in [-0.2, 0) is 5.75 Å². The van der Waals surface area contributed by atoms with Crippen LogP contribution in [0.3, 0.4) is 0 Å². The molecule has 0 aliphatic heterocycles. The molecule has 148 valence electrons. The Labute approximate surface area is 192 Å². The molecule has 0 fully saturated rings. The lowest BCUT2D eigenvalue weighted by molar-refractivity contribution is 0.104. The normalized spacial score (nSPS) is 11.7. The van der Waals surface area contributed by atoms with Gasteiger partial charge in [0.15, 0.2) is 5.78 Å². The molecular weight excluding hydrogens is 522 g/mol. The van der Waals surface area contributed by atoms with Gasteiger partial charge in [-0.2, -0.15) is 0 Å². The van der Waals surface area contributed by atoms with Crippen LogP contribution in [0.2, 0.25) is 5.02 Å². The van der Waals surface area contributed by atoms with Crippen molar-refractivity contribution in [1.29, 1.82) is 0 Å². The molecule has 0 aliphatic carbocycles. The highest BCUT2D eigenvalue weighted by Crippen LogP contribution is 2.36. The number of methoxy groups -OCH3 is 1. The quantitative estimate of drug-likeness (QED) is 0.178. The average molecular weight is 539 g/mol. The summed E-state index contributed by atoms with van der Waals surface area (Å²) in [6.07, 6.45) is 0. The fourth-order valence-corrected chi connectivity index (χ4v) is 4.76. The fraction of sp³-hybridized carbons (Fsp3) is 0.0870. The van der Waals surface area contributed by atoms with Gasteiger partial charge >= 0.3 is 0 Å². The molecule has 0 saturated carbocycles. The van der Waals surface area contributed by atoms with Gasteiger partial charge in [-0.25, -0.2) is 4.39 Å². The molecule has 0 unspecified atom stereocenters. The van der Waals surface area contributed by atoms with Gasteiger partial charge in [0, 0.05) is 19.9 Å². The molecule has 6 heteroatoms. The molecule has 0 bridgehead atoms. The van der Waals surface area contributed by atoms with E-state index in [2.05, 4.69) is 22.6 Å². The minimum absolute atomic E-state index is 0.0890. The van der Waals surface area contributed by atoms with Crippen LogP contribution in [0.5, 0.6) is 5.75 Å². The van der Waals surface area contributed by atoms with E-state index in [4.69, 9.17) is 16.3 Å². The van der Waals surface area contributed by atoms with Crippen LogP contribution in [0, 0.1) is 5.82 Å². The molecule has 0 aliphatic rings. The zero-order chi connectivity index (χ0) is 20.8. The summed E-state index contributed by atoms with van der Waals surface area (Å²) in [4.78, 5) is 13.8. The Morgan fingerprint density at radius 3 is 2.14 bits per heavy atom. The Kier molecular flexibility index (Phi) is 7.75. The number of halogens is 3. The molecule has 3 aromatic rings. The molecular formula is C23H17ClFIO2S. The van der Waals surface area contributed by atoms with E-state index in [1.807, 2.05) is 24.3 Å². The fourth-order valence-electron chi connectivity index (χ4n) is 2.57. The number of Topliss-reactive ketones (excluding diaryl/α,β-unsaturated/α-hetero) is 1. The first-order valence-electron chi connectivity index (χ1n) is 8.69. The van der Waals surface area contributed by atoms with E-state index in [1.165, 1.54) is 23.9 Å². The van der Waals surface area contributed by atoms with E-state index < -0.39 is 0 Å². The maximum atomic E-state index is 13.3. The predicted molar refractivity (Wildman–Crippen MR) is 127 cm³/mol. The van der Waals surface area contributed by atoms with Gasteiger partial charge in [-0.1, -0.05) is 35.9 Å². The summed E-state index contributed by atoms with van der Waals surface area (Å²) in [6.45, 7) is 0. The highest BCUT2D eigenvalue weighted by molar-refractivity contribution is 14.1. The second-order valence-corrected chi connectivity index (χ2v) is 8.62. The molecule has 0 heterocycles. The van der Waals surface area contributed by atoms with Crippen molar-refractivity contribution in [3.05, 3.63) is 105 Å². The maximum Gasteiger partial charge on any atom is 0.200 e. The minimum atomic E-state index is -0.311. The van der Waals surface area contributed by atoms with Gasteiger partial charge in [0.2, 0.25) is 0 Å². The average Bonchev–Trinajstić information content (AvgIpc) is 2.75.